The summed E-state index contributed by atoms with van der Waals surface area (Å²) in [5.74, 6) is 0.321. The molecule has 0 saturated heterocycles. The fourth-order valence-electron chi connectivity index (χ4n) is 1.27. The van der Waals surface area contributed by atoms with Crippen LogP contribution in [-0.2, 0) is 6.54 Å². The van der Waals surface area contributed by atoms with Gasteiger partial charge in [-0.3, -0.25) is 0 Å². The Labute approximate surface area is 83.7 Å². The number of rotatable bonds is 2. The van der Waals surface area contributed by atoms with Crippen molar-refractivity contribution in [2.45, 2.75) is 31.5 Å². The third-order valence-corrected chi connectivity index (χ3v) is 2.38. The van der Waals surface area contributed by atoms with E-state index in [1.807, 2.05) is 0 Å². The van der Waals surface area contributed by atoms with Gasteiger partial charge in [-0.05, 0) is 18.9 Å². The Kier molecular flexibility index (Phi) is 2.21. The number of hydrogen-bond donors (Lipinski definition) is 0. The van der Waals surface area contributed by atoms with E-state index in [-0.39, 0.29) is 5.15 Å². The highest BCUT2D eigenvalue weighted by molar-refractivity contribution is 6.29. The lowest BCUT2D eigenvalue weighted by Gasteiger charge is -2.06. The standard InChI is InChI=1S/C8H8ClF3N2/c9-7-3-6(5-1-2-5)13-14(7)4-8(10,11)12/h3,5H,1-2,4H2. The van der Waals surface area contributed by atoms with Crippen molar-refractivity contribution < 1.29 is 13.2 Å². The van der Waals surface area contributed by atoms with Crippen LogP contribution in [0.1, 0.15) is 24.5 Å². The molecule has 1 aliphatic rings. The zero-order chi connectivity index (χ0) is 10.3. The Morgan fingerprint density at radius 3 is 2.64 bits per heavy atom. The van der Waals surface area contributed by atoms with Crippen LogP contribution in [0, 0.1) is 0 Å². The summed E-state index contributed by atoms with van der Waals surface area (Å²) in [5.41, 5.74) is 0.680. The monoisotopic (exact) mass is 224 g/mol. The quantitative estimate of drug-likeness (QED) is 0.755. The smallest absolute Gasteiger partial charge is 0.245 e. The SMILES string of the molecule is FC(F)(F)Cn1nc(C2CC2)cc1Cl. The predicted octanol–water partition coefficient (Wildman–Crippen LogP) is 2.98. The first-order chi connectivity index (χ1) is 6.46. The lowest BCUT2D eigenvalue weighted by molar-refractivity contribution is -0.142. The number of alkyl halides is 3. The molecule has 0 aliphatic heterocycles. The normalized spacial score (nSPS) is 17.4. The summed E-state index contributed by atoms with van der Waals surface area (Å²) in [6.45, 7) is -1.11. The first kappa shape index (κ1) is 9.83. The number of halogens is 4. The second-order valence-electron chi connectivity index (χ2n) is 3.44. The lowest BCUT2D eigenvalue weighted by atomic mass is 10.3. The Hall–Kier alpha value is -0.710. The van der Waals surface area contributed by atoms with E-state index in [9.17, 15) is 13.2 Å². The van der Waals surface area contributed by atoms with Gasteiger partial charge in [-0.2, -0.15) is 18.3 Å². The molecular formula is C8H8ClF3N2. The summed E-state index contributed by atoms with van der Waals surface area (Å²) >= 11 is 5.62. The van der Waals surface area contributed by atoms with Crippen LogP contribution in [0.15, 0.2) is 6.07 Å². The van der Waals surface area contributed by atoms with Gasteiger partial charge in [-0.25, -0.2) is 4.68 Å². The van der Waals surface area contributed by atoms with Crippen LogP contribution in [0.5, 0.6) is 0 Å². The lowest BCUT2D eigenvalue weighted by Crippen LogP contribution is -2.18. The fourth-order valence-corrected chi connectivity index (χ4v) is 1.48. The van der Waals surface area contributed by atoms with E-state index in [1.165, 1.54) is 6.07 Å². The second-order valence-corrected chi connectivity index (χ2v) is 3.83. The van der Waals surface area contributed by atoms with Crippen molar-refractivity contribution in [3.05, 3.63) is 16.9 Å². The van der Waals surface area contributed by atoms with Crippen molar-refractivity contribution in [2.75, 3.05) is 0 Å². The molecule has 1 aromatic heterocycles. The Morgan fingerprint density at radius 1 is 1.50 bits per heavy atom. The average Bonchev–Trinajstić information content (AvgIpc) is 2.77. The van der Waals surface area contributed by atoms with Crippen LogP contribution < -0.4 is 0 Å². The molecule has 0 atom stereocenters. The van der Waals surface area contributed by atoms with E-state index < -0.39 is 12.7 Å². The molecule has 1 saturated carbocycles. The fraction of sp³-hybridized carbons (Fsp3) is 0.625. The molecule has 0 N–H and O–H groups in total. The molecule has 6 heteroatoms. The second kappa shape index (κ2) is 3.15. The van der Waals surface area contributed by atoms with Gasteiger partial charge in [0.2, 0.25) is 0 Å². The summed E-state index contributed by atoms with van der Waals surface area (Å²) in [6.07, 6.45) is -2.27. The highest BCUT2D eigenvalue weighted by Crippen LogP contribution is 2.40. The molecule has 1 fully saturated rings. The summed E-state index contributed by atoms with van der Waals surface area (Å²) in [6, 6.07) is 1.52. The van der Waals surface area contributed by atoms with Gasteiger partial charge >= 0.3 is 6.18 Å². The van der Waals surface area contributed by atoms with E-state index in [1.54, 1.807) is 0 Å². The third-order valence-electron chi connectivity index (χ3n) is 2.07. The van der Waals surface area contributed by atoms with Crippen LogP contribution in [0.25, 0.3) is 0 Å². The van der Waals surface area contributed by atoms with Gasteiger partial charge in [-0.1, -0.05) is 11.6 Å². The summed E-state index contributed by atoms with van der Waals surface area (Å²) < 4.78 is 36.9. The molecule has 0 bridgehead atoms. The van der Waals surface area contributed by atoms with Crippen molar-refractivity contribution >= 4 is 11.6 Å². The van der Waals surface area contributed by atoms with Crippen LogP contribution in [0.3, 0.4) is 0 Å². The summed E-state index contributed by atoms with van der Waals surface area (Å²) in [5, 5.41) is 3.88. The first-order valence-corrected chi connectivity index (χ1v) is 4.63. The van der Waals surface area contributed by atoms with E-state index >= 15 is 0 Å². The molecule has 0 aromatic carbocycles. The minimum atomic E-state index is -4.27. The molecule has 0 spiro atoms. The van der Waals surface area contributed by atoms with Gasteiger partial charge in [0.15, 0.2) is 0 Å². The Morgan fingerprint density at radius 2 is 2.14 bits per heavy atom. The largest absolute Gasteiger partial charge is 0.408 e. The highest BCUT2D eigenvalue weighted by Gasteiger charge is 2.32. The third kappa shape index (κ3) is 2.20. The zero-order valence-corrected chi connectivity index (χ0v) is 7.94. The zero-order valence-electron chi connectivity index (χ0n) is 7.18. The van der Waals surface area contributed by atoms with E-state index in [2.05, 4.69) is 5.10 Å². The maximum absolute atomic E-state index is 12.0. The summed E-state index contributed by atoms with van der Waals surface area (Å²) in [7, 11) is 0. The first-order valence-electron chi connectivity index (χ1n) is 4.26. The molecule has 0 unspecified atom stereocenters. The average molecular weight is 225 g/mol. The Bertz CT molecular complexity index is 341. The van der Waals surface area contributed by atoms with Crippen LogP contribution in [0.4, 0.5) is 13.2 Å². The van der Waals surface area contributed by atoms with Crippen molar-refractivity contribution in [1.29, 1.82) is 0 Å². The van der Waals surface area contributed by atoms with Crippen LogP contribution >= 0.6 is 11.6 Å². The maximum Gasteiger partial charge on any atom is 0.408 e. The van der Waals surface area contributed by atoms with Crippen molar-refractivity contribution in [3.63, 3.8) is 0 Å². The van der Waals surface area contributed by atoms with Gasteiger partial charge in [0, 0.05) is 5.92 Å². The highest BCUT2D eigenvalue weighted by atomic mass is 35.5. The Balaban J connectivity index is 2.16. The van der Waals surface area contributed by atoms with E-state index in [0.29, 0.717) is 11.6 Å². The minimum Gasteiger partial charge on any atom is -0.245 e. The van der Waals surface area contributed by atoms with Gasteiger partial charge < -0.3 is 0 Å². The number of aromatic nitrogens is 2. The van der Waals surface area contributed by atoms with E-state index in [0.717, 1.165) is 17.5 Å². The summed E-state index contributed by atoms with van der Waals surface area (Å²) in [4.78, 5) is 0. The van der Waals surface area contributed by atoms with Gasteiger partial charge in [0.05, 0.1) is 5.69 Å². The molecule has 14 heavy (non-hydrogen) atoms. The molecule has 0 amide bonds. The predicted molar refractivity (Wildman–Crippen MR) is 45.3 cm³/mol. The van der Waals surface area contributed by atoms with Crippen molar-refractivity contribution in [3.8, 4) is 0 Å². The maximum atomic E-state index is 12.0. The molecule has 0 radical (unpaired) electrons. The van der Waals surface area contributed by atoms with Crippen molar-refractivity contribution in [2.24, 2.45) is 0 Å². The molecule has 1 aliphatic carbocycles. The van der Waals surface area contributed by atoms with Gasteiger partial charge in [-0.15, -0.1) is 0 Å². The number of nitrogens with zero attached hydrogens (tertiary/aromatic N) is 2. The molecule has 1 heterocycles. The topological polar surface area (TPSA) is 17.8 Å². The minimum absolute atomic E-state index is 0.0595. The molecular weight excluding hydrogens is 217 g/mol. The van der Waals surface area contributed by atoms with Crippen LogP contribution in [0.2, 0.25) is 5.15 Å². The van der Waals surface area contributed by atoms with Crippen LogP contribution in [-0.4, -0.2) is 16.0 Å². The number of hydrogen-bond acceptors (Lipinski definition) is 1. The van der Waals surface area contributed by atoms with Crippen molar-refractivity contribution in [1.82, 2.24) is 9.78 Å². The van der Waals surface area contributed by atoms with Gasteiger partial charge in [0.1, 0.15) is 11.7 Å². The van der Waals surface area contributed by atoms with E-state index in [4.69, 9.17) is 11.6 Å². The molecule has 1 aromatic rings. The molecule has 78 valence electrons. The molecule has 2 rings (SSSR count). The molecule has 2 nitrogen and oxygen atoms in total. The van der Waals surface area contributed by atoms with Gasteiger partial charge in [0.25, 0.3) is 0 Å².